The first-order valence-corrected chi connectivity index (χ1v) is 10.5. The van der Waals surface area contributed by atoms with E-state index in [1.54, 1.807) is 6.07 Å². The van der Waals surface area contributed by atoms with Crippen molar-refractivity contribution in [2.75, 3.05) is 13.1 Å². The van der Waals surface area contributed by atoms with E-state index in [-0.39, 0.29) is 6.04 Å². The number of nitrogens with one attached hydrogen (secondary N) is 1. The molecule has 0 fully saturated rings. The molecule has 144 valence electrons. The SMILES string of the molecule is S=C(NCCc1ccccc1)N1CCn2cccc2C1c1ccc(Cl)cc1Cl. The van der Waals surface area contributed by atoms with E-state index in [0.717, 1.165) is 36.7 Å². The molecule has 2 heterocycles. The number of aromatic nitrogens is 1. The van der Waals surface area contributed by atoms with E-state index < -0.39 is 0 Å². The number of hydrogen-bond donors (Lipinski definition) is 1. The lowest BCUT2D eigenvalue weighted by Gasteiger charge is -2.39. The summed E-state index contributed by atoms with van der Waals surface area (Å²) in [6, 6.07) is 20.3. The van der Waals surface area contributed by atoms with Gasteiger partial charge in [-0.25, -0.2) is 0 Å². The van der Waals surface area contributed by atoms with Gasteiger partial charge in [-0.15, -0.1) is 0 Å². The lowest BCUT2D eigenvalue weighted by atomic mass is 10.00. The van der Waals surface area contributed by atoms with Crippen molar-refractivity contribution in [3.05, 3.63) is 93.7 Å². The topological polar surface area (TPSA) is 20.2 Å². The molecule has 1 aliphatic rings. The summed E-state index contributed by atoms with van der Waals surface area (Å²) in [5.41, 5.74) is 3.49. The molecule has 3 nitrogen and oxygen atoms in total. The first kappa shape index (κ1) is 19.3. The first-order valence-electron chi connectivity index (χ1n) is 9.32. The van der Waals surface area contributed by atoms with Crippen LogP contribution in [0.3, 0.4) is 0 Å². The second-order valence-electron chi connectivity index (χ2n) is 6.86. The fraction of sp³-hybridized carbons (Fsp3) is 0.227. The Balaban J connectivity index is 1.55. The van der Waals surface area contributed by atoms with Crippen molar-refractivity contribution in [2.24, 2.45) is 0 Å². The van der Waals surface area contributed by atoms with Crippen LogP contribution in [0.4, 0.5) is 0 Å². The highest BCUT2D eigenvalue weighted by atomic mass is 35.5. The Labute approximate surface area is 180 Å². The van der Waals surface area contributed by atoms with Gasteiger partial charge < -0.3 is 14.8 Å². The summed E-state index contributed by atoms with van der Waals surface area (Å²) in [4.78, 5) is 2.23. The molecular weight excluding hydrogens is 409 g/mol. The van der Waals surface area contributed by atoms with Gasteiger partial charge in [0.15, 0.2) is 5.11 Å². The van der Waals surface area contributed by atoms with Gasteiger partial charge >= 0.3 is 0 Å². The number of rotatable bonds is 4. The average Bonchev–Trinajstić information content (AvgIpc) is 3.17. The van der Waals surface area contributed by atoms with Gasteiger partial charge in [0.25, 0.3) is 0 Å². The van der Waals surface area contributed by atoms with Crippen LogP contribution in [0, 0.1) is 0 Å². The van der Waals surface area contributed by atoms with Gasteiger partial charge in [0.1, 0.15) is 0 Å². The van der Waals surface area contributed by atoms with Crippen molar-refractivity contribution in [3.63, 3.8) is 0 Å². The van der Waals surface area contributed by atoms with Gasteiger partial charge in [0, 0.05) is 41.6 Å². The van der Waals surface area contributed by atoms with Gasteiger partial charge in [0.2, 0.25) is 0 Å². The highest BCUT2D eigenvalue weighted by Gasteiger charge is 2.31. The minimum atomic E-state index is -0.0368. The standard InChI is InChI=1S/C22H21Cl2N3S/c23-17-8-9-18(19(24)15-17)21-20-7-4-12-26(20)13-14-27(21)22(28)25-11-10-16-5-2-1-3-6-16/h1-9,12,15,21H,10-11,13-14H2,(H,25,28). The summed E-state index contributed by atoms with van der Waals surface area (Å²) in [5, 5.41) is 5.47. The lowest BCUT2D eigenvalue weighted by Crippen LogP contribution is -2.47. The predicted molar refractivity (Wildman–Crippen MR) is 120 cm³/mol. The van der Waals surface area contributed by atoms with Crippen molar-refractivity contribution < 1.29 is 0 Å². The molecule has 2 aromatic carbocycles. The highest BCUT2D eigenvalue weighted by molar-refractivity contribution is 7.80. The predicted octanol–water partition coefficient (Wildman–Crippen LogP) is 5.32. The van der Waals surface area contributed by atoms with Crippen LogP contribution in [0.25, 0.3) is 0 Å². The molecule has 0 aliphatic carbocycles. The molecule has 1 aromatic heterocycles. The second kappa shape index (κ2) is 8.56. The number of nitrogens with zero attached hydrogens (tertiary/aromatic N) is 2. The molecule has 0 saturated carbocycles. The molecule has 1 unspecified atom stereocenters. The summed E-state index contributed by atoms with van der Waals surface area (Å²) in [5.74, 6) is 0. The normalized spacial score (nSPS) is 15.9. The fourth-order valence-corrected chi connectivity index (χ4v) is 4.52. The van der Waals surface area contributed by atoms with Crippen LogP contribution in [-0.2, 0) is 13.0 Å². The smallest absolute Gasteiger partial charge is 0.169 e. The van der Waals surface area contributed by atoms with E-state index in [1.165, 1.54) is 11.3 Å². The summed E-state index contributed by atoms with van der Waals surface area (Å²) >= 11 is 18.5. The van der Waals surface area contributed by atoms with Crippen LogP contribution < -0.4 is 5.32 Å². The van der Waals surface area contributed by atoms with Gasteiger partial charge in [0.05, 0.1) is 6.04 Å². The van der Waals surface area contributed by atoms with E-state index in [1.807, 2.05) is 18.2 Å². The Morgan fingerprint density at radius 2 is 1.86 bits per heavy atom. The van der Waals surface area contributed by atoms with Gasteiger partial charge in [-0.1, -0.05) is 59.6 Å². The van der Waals surface area contributed by atoms with Crippen molar-refractivity contribution in [1.29, 1.82) is 0 Å². The summed E-state index contributed by atoms with van der Waals surface area (Å²) in [6.45, 7) is 2.51. The monoisotopic (exact) mass is 429 g/mol. The third-order valence-corrected chi connectivity index (χ3v) is 6.03. The zero-order valence-corrected chi connectivity index (χ0v) is 17.6. The number of fused-ring (bicyclic) bond motifs is 1. The third-order valence-electron chi connectivity index (χ3n) is 5.09. The molecule has 0 saturated heterocycles. The number of hydrogen-bond acceptors (Lipinski definition) is 1. The molecular formula is C22H21Cl2N3S. The Kier molecular flexibility index (Phi) is 5.90. The molecule has 0 amide bonds. The van der Waals surface area contributed by atoms with Crippen LogP contribution >= 0.6 is 35.4 Å². The minimum Gasteiger partial charge on any atom is -0.362 e. The van der Waals surface area contributed by atoms with Crippen LogP contribution in [-0.4, -0.2) is 27.7 Å². The van der Waals surface area contributed by atoms with Crippen molar-refractivity contribution in [1.82, 2.24) is 14.8 Å². The van der Waals surface area contributed by atoms with E-state index in [0.29, 0.717) is 10.0 Å². The first-order chi connectivity index (χ1) is 13.6. The fourth-order valence-electron chi connectivity index (χ4n) is 3.71. The largest absolute Gasteiger partial charge is 0.362 e. The summed E-state index contributed by atoms with van der Waals surface area (Å²) < 4.78 is 2.26. The van der Waals surface area contributed by atoms with Gasteiger partial charge in [-0.2, -0.15) is 0 Å². The van der Waals surface area contributed by atoms with Gasteiger partial charge in [-0.3, -0.25) is 0 Å². The lowest BCUT2D eigenvalue weighted by molar-refractivity contribution is 0.286. The Morgan fingerprint density at radius 1 is 1.04 bits per heavy atom. The Morgan fingerprint density at radius 3 is 2.64 bits per heavy atom. The van der Waals surface area contributed by atoms with Crippen LogP contribution in [0.2, 0.25) is 10.0 Å². The number of halogens is 2. The van der Waals surface area contributed by atoms with Crippen LogP contribution in [0.5, 0.6) is 0 Å². The van der Waals surface area contributed by atoms with Crippen LogP contribution in [0.15, 0.2) is 66.9 Å². The van der Waals surface area contributed by atoms with E-state index >= 15 is 0 Å². The molecule has 1 N–H and O–H groups in total. The molecule has 0 bridgehead atoms. The maximum atomic E-state index is 6.57. The third kappa shape index (κ3) is 4.04. The quantitative estimate of drug-likeness (QED) is 0.566. The van der Waals surface area contributed by atoms with Crippen molar-refractivity contribution in [2.45, 2.75) is 19.0 Å². The molecule has 1 atom stereocenters. The summed E-state index contributed by atoms with van der Waals surface area (Å²) in [6.07, 6.45) is 3.03. The molecule has 0 spiro atoms. The van der Waals surface area contributed by atoms with Gasteiger partial charge in [-0.05, 0) is 54.0 Å². The molecule has 6 heteroatoms. The average molecular weight is 430 g/mol. The Hall–Kier alpha value is -2.01. The zero-order chi connectivity index (χ0) is 19.5. The Bertz CT molecular complexity index is 971. The molecule has 3 aromatic rings. The van der Waals surface area contributed by atoms with Crippen molar-refractivity contribution >= 4 is 40.5 Å². The maximum Gasteiger partial charge on any atom is 0.169 e. The minimum absolute atomic E-state index is 0.0368. The van der Waals surface area contributed by atoms with E-state index in [2.05, 4.69) is 57.4 Å². The number of thiocarbonyl (C=S) groups is 1. The maximum absolute atomic E-state index is 6.57. The zero-order valence-electron chi connectivity index (χ0n) is 15.3. The summed E-state index contributed by atoms with van der Waals surface area (Å²) in [7, 11) is 0. The highest BCUT2D eigenvalue weighted by Crippen LogP contribution is 2.37. The molecule has 0 radical (unpaired) electrons. The van der Waals surface area contributed by atoms with Crippen LogP contribution in [0.1, 0.15) is 22.9 Å². The van der Waals surface area contributed by atoms with Crippen molar-refractivity contribution in [3.8, 4) is 0 Å². The van der Waals surface area contributed by atoms with E-state index in [4.69, 9.17) is 35.4 Å². The number of benzene rings is 2. The molecule has 4 rings (SSSR count). The molecule has 28 heavy (non-hydrogen) atoms. The van der Waals surface area contributed by atoms with E-state index in [9.17, 15) is 0 Å². The molecule has 1 aliphatic heterocycles. The second-order valence-corrected chi connectivity index (χ2v) is 8.09.